The summed E-state index contributed by atoms with van der Waals surface area (Å²) in [5, 5.41) is 10.7. The van der Waals surface area contributed by atoms with E-state index >= 15 is 0 Å². The fourth-order valence-corrected chi connectivity index (χ4v) is 8.18. The van der Waals surface area contributed by atoms with Crippen LogP contribution in [0.3, 0.4) is 0 Å². The maximum Gasteiger partial charge on any atom is 0.346 e. The lowest BCUT2D eigenvalue weighted by atomic mass is 9.98. The van der Waals surface area contributed by atoms with Crippen molar-refractivity contribution in [1.82, 2.24) is 74.8 Å². The maximum absolute atomic E-state index is 13.0. The Morgan fingerprint density at radius 3 is 0.798 bits per heavy atom. The zero-order valence-corrected chi connectivity index (χ0v) is 51.0. The fraction of sp³-hybridized carbons (Fsp3) is 0.0294. The Kier molecular flexibility index (Phi) is 22.8. The molecule has 0 bridgehead atoms. The first-order valence-corrected chi connectivity index (χ1v) is 29.0. The topological polar surface area (TPSA) is 423 Å². The van der Waals surface area contributed by atoms with E-state index in [2.05, 4.69) is 96.0 Å². The van der Waals surface area contributed by atoms with Crippen LogP contribution in [-0.4, -0.2) is 128 Å². The average molecular weight is 1320 g/mol. The van der Waals surface area contributed by atoms with Crippen LogP contribution in [0.15, 0.2) is 239 Å². The van der Waals surface area contributed by atoms with Crippen LogP contribution in [0.25, 0.3) is 0 Å². The Labute approximate surface area is 558 Å². The molecule has 0 aliphatic rings. The number of carbonyl (C=O) groups excluding carboxylic acids is 9. The molecule has 486 valence electrons. The SMILES string of the molecule is O=C(Cc1ccncc1)c1cc(C(=O)Nc2ccncc2)cc(C(=O)Nc2ccncc2)c1.O=C(Cc1ccncc1)c1nc(C(=O)Nc2ccncc2)nc(C(=O)Nc2ccncc2)n1.O=C(Oc1nc(OC(=O)c2ccncc2)nc(OC(=O)c2ccncc2)n1)c1ccncc1. The van der Waals surface area contributed by atoms with Gasteiger partial charge in [0.05, 0.1) is 16.7 Å². The smallest absolute Gasteiger partial charge is 0.346 e. The summed E-state index contributed by atoms with van der Waals surface area (Å²) in [5.41, 5.74) is 4.57. The Morgan fingerprint density at radius 2 is 0.495 bits per heavy atom. The number of aromatic nitrogens is 15. The molecule has 11 aromatic heterocycles. The molecular formula is C68H47N19O12. The van der Waals surface area contributed by atoms with Gasteiger partial charge in [-0.3, -0.25) is 73.6 Å². The molecule has 31 nitrogen and oxygen atoms in total. The zero-order valence-electron chi connectivity index (χ0n) is 51.0. The van der Waals surface area contributed by atoms with E-state index in [1.165, 1.54) is 117 Å². The standard InChI is InChI=1S/C25H19N5O3.C22H16N8O3.C21H12N6O6/c31-23(13-17-1-7-26-8-2-17)18-14-19(24(32)29-21-3-9-27-10-4-21)16-20(15-18)25(33)30-22-5-11-28-12-6-22;31-17(13-14-1-7-23-8-2-14)18-28-19(21(32)26-15-3-9-24-10-4-15)30-20(29-18)22(33)27-16-5-11-25-12-6-16;28-16(13-1-7-22-8-2-13)31-19-25-20(32-17(29)14-3-9-23-10-4-14)27-21(26-19)33-18(30)15-5-11-24-12-6-15/h1-12,14-16H,13H2,(H,27,29,32)(H,28,30,33);1-12H,13H2,(H,24,26,32)(H,25,27,33);1-12H. The second-order valence-electron chi connectivity index (χ2n) is 19.8. The van der Waals surface area contributed by atoms with Crippen LogP contribution in [0.5, 0.6) is 18.0 Å². The number of nitrogens with zero attached hydrogens (tertiary/aromatic N) is 15. The van der Waals surface area contributed by atoms with Crippen LogP contribution in [0.4, 0.5) is 22.7 Å². The maximum atomic E-state index is 13.0. The summed E-state index contributed by atoms with van der Waals surface area (Å²) in [5.74, 6) is -6.53. The Bertz CT molecular complexity index is 4100. The summed E-state index contributed by atoms with van der Waals surface area (Å²) < 4.78 is 15.4. The number of esters is 3. The van der Waals surface area contributed by atoms with Crippen molar-refractivity contribution in [2.45, 2.75) is 12.8 Å². The fourth-order valence-electron chi connectivity index (χ4n) is 8.18. The number of Topliss-reactive ketones (excluding diaryl/α,β-unsaturated/α-hetero) is 2. The van der Waals surface area contributed by atoms with E-state index in [4.69, 9.17) is 14.2 Å². The second-order valence-corrected chi connectivity index (χ2v) is 19.8. The molecule has 99 heavy (non-hydrogen) atoms. The van der Waals surface area contributed by atoms with Gasteiger partial charge in [0.25, 0.3) is 23.6 Å². The molecule has 0 fully saturated rings. The molecule has 0 unspecified atom stereocenters. The number of pyridine rings is 9. The highest BCUT2D eigenvalue weighted by atomic mass is 16.6. The van der Waals surface area contributed by atoms with Gasteiger partial charge in [-0.1, -0.05) is 0 Å². The van der Waals surface area contributed by atoms with Crippen LogP contribution in [0.2, 0.25) is 0 Å². The van der Waals surface area contributed by atoms with E-state index in [9.17, 15) is 43.2 Å². The van der Waals surface area contributed by atoms with Crippen molar-refractivity contribution < 1.29 is 57.4 Å². The molecule has 0 saturated heterocycles. The summed E-state index contributed by atoms with van der Waals surface area (Å²) >= 11 is 0. The Morgan fingerprint density at radius 1 is 0.253 bits per heavy atom. The number of amides is 4. The number of ether oxygens (including phenoxy) is 3. The molecule has 0 atom stereocenters. The van der Waals surface area contributed by atoms with Gasteiger partial charge in [-0.05, 0) is 139 Å². The van der Waals surface area contributed by atoms with Crippen molar-refractivity contribution in [3.63, 3.8) is 0 Å². The molecule has 0 radical (unpaired) electrons. The number of anilines is 4. The summed E-state index contributed by atoms with van der Waals surface area (Å²) in [6, 6.07) is 31.0. The van der Waals surface area contributed by atoms with E-state index in [1.54, 1.807) is 122 Å². The molecule has 4 N–H and O–H groups in total. The monoisotopic (exact) mass is 1320 g/mol. The number of carbonyl (C=O) groups is 9. The van der Waals surface area contributed by atoms with Crippen molar-refractivity contribution >= 4 is 75.9 Å². The number of nitrogens with one attached hydrogen (secondary N) is 4. The van der Waals surface area contributed by atoms with Gasteiger partial charge in [0.2, 0.25) is 23.3 Å². The first kappa shape index (κ1) is 67.1. The number of rotatable bonds is 20. The lowest BCUT2D eigenvalue weighted by Gasteiger charge is -2.11. The normalized spacial score (nSPS) is 10.3. The predicted molar refractivity (Wildman–Crippen MR) is 347 cm³/mol. The van der Waals surface area contributed by atoms with Crippen LogP contribution in [-0.2, 0) is 12.8 Å². The molecular weight excluding hydrogens is 1270 g/mol. The highest BCUT2D eigenvalue weighted by Crippen LogP contribution is 2.21. The van der Waals surface area contributed by atoms with Gasteiger partial charge in [-0.2, -0.15) is 4.98 Å². The van der Waals surface area contributed by atoms with Crippen molar-refractivity contribution in [2.75, 3.05) is 21.3 Å². The molecule has 0 spiro atoms. The van der Waals surface area contributed by atoms with Gasteiger partial charge in [0, 0.05) is 164 Å². The molecule has 0 aliphatic heterocycles. The van der Waals surface area contributed by atoms with Gasteiger partial charge in [-0.25, -0.2) is 24.4 Å². The van der Waals surface area contributed by atoms with Crippen LogP contribution in [0, 0.1) is 0 Å². The molecule has 12 aromatic rings. The lowest BCUT2D eigenvalue weighted by molar-refractivity contribution is 0.0686. The third-order valence-corrected chi connectivity index (χ3v) is 12.9. The van der Waals surface area contributed by atoms with Crippen LogP contribution < -0.4 is 35.5 Å². The van der Waals surface area contributed by atoms with E-state index < -0.39 is 65.4 Å². The van der Waals surface area contributed by atoms with Gasteiger partial charge in [-0.15, -0.1) is 15.0 Å². The third kappa shape index (κ3) is 20.1. The molecule has 0 aliphatic carbocycles. The largest absolute Gasteiger partial charge is 0.387 e. The van der Waals surface area contributed by atoms with E-state index in [-0.39, 0.29) is 69.5 Å². The van der Waals surface area contributed by atoms with Gasteiger partial charge in [0.15, 0.2) is 5.78 Å². The van der Waals surface area contributed by atoms with Crippen molar-refractivity contribution in [3.8, 4) is 18.0 Å². The summed E-state index contributed by atoms with van der Waals surface area (Å²) in [6.07, 6.45) is 27.0. The number of hydrogen-bond donors (Lipinski definition) is 4. The third-order valence-electron chi connectivity index (χ3n) is 12.9. The number of ketones is 2. The summed E-state index contributed by atoms with van der Waals surface area (Å²) in [4.78, 5) is 172. The molecule has 31 heteroatoms. The lowest BCUT2D eigenvalue weighted by Crippen LogP contribution is -2.25. The molecule has 0 saturated carbocycles. The minimum absolute atomic E-state index is 0.0383. The molecule has 11 heterocycles. The molecule has 4 amide bonds. The Hall–Kier alpha value is -14.8. The summed E-state index contributed by atoms with van der Waals surface area (Å²) in [7, 11) is 0. The van der Waals surface area contributed by atoms with Crippen LogP contribution in [0.1, 0.15) is 105 Å². The molecule has 12 rings (SSSR count). The van der Waals surface area contributed by atoms with Crippen molar-refractivity contribution in [3.05, 3.63) is 301 Å². The van der Waals surface area contributed by atoms with E-state index in [1.807, 2.05) is 0 Å². The van der Waals surface area contributed by atoms with Crippen molar-refractivity contribution in [1.29, 1.82) is 0 Å². The minimum atomic E-state index is -0.818. The highest BCUT2D eigenvalue weighted by molar-refractivity contribution is 6.12. The van der Waals surface area contributed by atoms with Crippen LogP contribution >= 0.6 is 0 Å². The van der Waals surface area contributed by atoms with E-state index in [0.29, 0.717) is 28.3 Å². The van der Waals surface area contributed by atoms with E-state index in [0.717, 1.165) is 5.56 Å². The quantitative estimate of drug-likeness (QED) is 0.0423. The van der Waals surface area contributed by atoms with Gasteiger partial charge >= 0.3 is 35.9 Å². The Balaban J connectivity index is 0.000000161. The summed E-state index contributed by atoms with van der Waals surface area (Å²) in [6.45, 7) is 0. The zero-order chi connectivity index (χ0) is 69.1. The minimum Gasteiger partial charge on any atom is -0.387 e. The molecule has 1 aromatic carbocycles. The number of hydrogen-bond acceptors (Lipinski definition) is 27. The predicted octanol–water partition coefficient (Wildman–Crippen LogP) is 7.50. The second kappa shape index (κ2) is 33.7. The first-order valence-electron chi connectivity index (χ1n) is 29.0. The highest BCUT2D eigenvalue weighted by Gasteiger charge is 2.24. The first-order chi connectivity index (χ1) is 48.2. The van der Waals surface area contributed by atoms with Crippen molar-refractivity contribution in [2.24, 2.45) is 0 Å². The van der Waals surface area contributed by atoms with Gasteiger partial charge < -0.3 is 35.5 Å². The number of benzene rings is 1. The van der Waals surface area contributed by atoms with Gasteiger partial charge in [0.1, 0.15) is 0 Å². The average Bonchev–Trinajstić information content (AvgIpc) is 0.839.